The van der Waals surface area contributed by atoms with E-state index in [9.17, 15) is 4.79 Å². The van der Waals surface area contributed by atoms with E-state index in [1.165, 1.54) is 21.4 Å². The van der Waals surface area contributed by atoms with Crippen molar-refractivity contribution in [2.24, 2.45) is 11.8 Å². The van der Waals surface area contributed by atoms with Crippen LogP contribution in [-0.4, -0.2) is 35.5 Å². The molecular formula is C25H32N4OS. The Labute approximate surface area is 188 Å². The Kier molecular flexibility index (Phi) is 6.56. The lowest BCUT2D eigenvalue weighted by atomic mass is 9.88. The number of thiophene rings is 1. The van der Waals surface area contributed by atoms with Gasteiger partial charge in [-0.05, 0) is 43.7 Å². The zero-order valence-corrected chi connectivity index (χ0v) is 19.7. The zero-order valence-electron chi connectivity index (χ0n) is 18.9. The molecule has 5 nitrogen and oxygen atoms in total. The van der Waals surface area contributed by atoms with E-state index in [1.54, 1.807) is 17.7 Å². The number of rotatable bonds is 6. The van der Waals surface area contributed by atoms with Crippen LogP contribution in [0.1, 0.15) is 48.6 Å². The third kappa shape index (κ3) is 4.59. The van der Waals surface area contributed by atoms with Gasteiger partial charge >= 0.3 is 0 Å². The average Bonchev–Trinajstić information content (AvgIpc) is 3.08. The van der Waals surface area contributed by atoms with Gasteiger partial charge in [0.1, 0.15) is 17.0 Å². The van der Waals surface area contributed by atoms with Crippen molar-refractivity contribution in [3.8, 4) is 0 Å². The van der Waals surface area contributed by atoms with E-state index in [2.05, 4.69) is 72.1 Å². The second kappa shape index (κ2) is 9.35. The summed E-state index contributed by atoms with van der Waals surface area (Å²) < 4.78 is 0. The third-order valence-electron chi connectivity index (χ3n) is 6.64. The van der Waals surface area contributed by atoms with Gasteiger partial charge in [-0.1, -0.05) is 44.2 Å². The highest BCUT2D eigenvalue weighted by molar-refractivity contribution is 7.18. The van der Waals surface area contributed by atoms with E-state index >= 15 is 0 Å². The van der Waals surface area contributed by atoms with Crippen molar-refractivity contribution < 1.29 is 4.79 Å². The summed E-state index contributed by atoms with van der Waals surface area (Å²) in [4.78, 5) is 26.7. The topological polar surface area (TPSA) is 58.1 Å². The summed E-state index contributed by atoms with van der Waals surface area (Å²) in [5.41, 5.74) is 2.57. The van der Waals surface area contributed by atoms with Crippen LogP contribution in [0.3, 0.4) is 0 Å². The highest BCUT2D eigenvalue weighted by Crippen LogP contribution is 2.35. The van der Waals surface area contributed by atoms with Crippen LogP contribution in [-0.2, 0) is 4.79 Å². The van der Waals surface area contributed by atoms with Crippen molar-refractivity contribution in [3.63, 3.8) is 0 Å². The molecule has 1 aliphatic rings. The van der Waals surface area contributed by atoms with Crippen LogP contribution >= 0.6 is 11.3 Å². The van der Waals surface area contributed by atoms with Crippen LogP contribution in [0, 0.1) is 25.7 Å². The number of nitrogens with zero attached hydrogens (tertiary/aromatic N) is 3. The van der Waals surface area contributed by atoms with Crippen molar-refractivity contribution in [1.29, 1.82) is 0 Å². The van der Waals surface area contributed by atoms with Gasteiger partial charge in [-0.25, -0.2) is 9.97 Å². The molecule has 1 N–H and O–H groups in total. The summed E-state index contributed by atoms with van der Waals surface area (Å²) in [6.45, 7) is 11.1. The van der Waals surface area contributed by atoms with Crippen LogP contribution in [0.15, 0.2) is 36.7 Å². The number of piperidine rings is 1. The first-order valence-electron chi connectivity index (χ1n) is 11.2. The van der Waals surface area contributed by atoms with Gasteiger partial charge in [0.05, 0.1) is 5.39 Å². The second-order valence-electron chi connectivity index (χ2n) is 8.93. The molecular weight excluding hydrogens is 404 g/mol. The van der Waals surface area contributed by atoms with Crippen molar-refractivity contribution in [2.75, 3.05) is 24.5 Å². The molecule has 1 fully saturated rings. The first-order valence-corrected chi connectivity index (χ1v) is 12.1. The first kappa shape index (κ1) is 21.8. The maximum absolute atomic E-state index is 12.9. The van der Waals surface area contributed by atoms with Gasteiger partial charge < -0.3 is 10.2 Å². The fourth-order valence-electron chi connectivity index (χ4n) is 4.55. The molecule has 0 spiro atoms. The van der Waals surface area contributed by atoms with E-state index in [1.807, 2.05) is 6.07 Å². The molecule has 3 heterocycles. The minimum absolute atomic E-state index is 0.0717. The van der Waals surface area contributed by atoms with Gasteiger partial charge in [0.25, 0.3) is 0 Å². The third-order valence-corrected chi connectivity index (χ3v) is 7.75. The highest BCUT2D eigenvalue weighted by Gasteiger charge is 2.28. The van der Waals surface area contributed by atoms with E-state index < -0.39 is 0 Å². The fraction of sp³-hybridized carbons (Fsp3) is 0.480. The van der Waals surface area contributed by atoms with Gasteiger partial charge in [-0.3, -0.25) is 4.79 Å². The van der Waals surface area contributed by atoms with Crippen molar-refractivity contribution in [1.82, 2.24) is 15.3 Å². The number of hydrogen-bond donors (Lipinski definition) is 1. The van der Waals surface area contributed by atoms with E-state index in [0.29, 0.717) is 18.4 Å². The molecule has 4 rings (SSSR count). The number of aromatic nitrogens is 2. The Morgan fingerprint density at radius 2 is 1.87 bits per heavy atom. The Morgan fingerprint density at radius 3 is 2.55 bits per heavy atom. The maximum Gasteiger partial charge on any atom is 0.223 e. The number of nitrogens with one attached hydrogen (secondary N) is 1. The van der Waals surface area contributed by atoms with Gasteiger partial charge in [-0.15, -0.1) is 11.3 Å². The quantitative estimate of drug-likeness (QED) is 0.585. The number of fused-ring (bicyclic) bond motifs is 1. The molecule has 31 heavy (non-hydrogen) atoms. The zero-order chi connectivity index (χ0) is 22.0. The monoisotopic (exact) mass is 436 g/mol. The van der Waals surface area contributed by atoms with E-state index in [0.717, 1.165) is 36.6 Å². The molecule has 1 amide bonds. The SMILES string of the molecule is Cc1sc2ncnc(N3CCC(C(=O)NCC(c4ccccc4)C(C)C)CC3)c2c1C. The minimum atomic E-state index is 0.0717. The Bertz CT molecular complexity index is 1040. The molecule has 164 valence electrons. The number of hydrogen-bond acceptors (Lipinski definition) is 5. The molecule has 1 saturated heterocycles. The summed E-state index contributed by atoms with van der Waals surface area (Å²) in [7, 11) is 0. The van der Waals surface area contributed by atoms with Crippen LogP contribution < -0.4 is 10.2 Å². The molecule has 0 aliphatic carbocycles. The lowest BCUT2D eigenvalue weighted by Crippen LogP contribution is -2.42. The Balaban J connectivity index is 1.37. The summed E-state index contributed by atoms with van der Waals surface area (Å²) >= 11 is 1.73. The van der Waals surface area contributed by atoms with E-state index in [-0.39, 0.29) is 11.8 Å². The van der Waals surface area contributed by atoms with Crippen molar-refractivity contribution in [3.05, 3.63) is 52.7 Å². The predicted octanol–water partition coefficient (Wildman–Crippen LogP) is 5.08. The molecule has 1 aliphatic heterocycles. The van der Waals surface area contributed by atoms with Crippen LogP contribution in [0.25, 0.3) is 10.2 Å². The molecule has 1 unspecified atom stereocenters. The average molecular weight is 437 g/mol. The van der Waals surface area contributed by atoms with Gasteiger partial charge in [0.15, 0.2) is 0 Å². The molecule has 2 aromatic heterocycles. The smallest absolute Gasteiger partial charge is 0.223 e. The standard InChI is InChI=1S/C25H32N4OS/c1-16(2)21(19-8-6-5-7-9-19)14-26-24(30)20-10-12-29(13-11-20)23-22-17(3)18(4)31-25(22)28-15-27-23/h5-9,15-16,20-21H,10-14H2,1-4H3,(H,26,30). The van der Waals surface area contributed by atoms with Crippen LogP contribution in [0.4, 0.5) is 5.82 Å². The highest BCUT2D eigenvalue weighted by atomic mass is 32.1. The Morgan fingerprint density at radius 1 is 1.16 bits per heavy atom. The number of anilines is 1. The molecule has 0 bridgehead atoms. The number of carbonyl (C=O) groups excluding carboxylic acids is 1. The summed E-state index contributed by atoms with van der Waals surface area (Å²) in [5.74, 6) is 2.10. The van der Waals surface area contributed by atoms with Gasteiger partial charge in [0.2, 0.25) is 5.91 Å². The number of aryl methyl sites for hydroxylation is 2. The fourth-order valence-corrected chi connectivity index (χ4v) is 5.54. The second-order valence-corrected chi connectivity index (χ2v) is 10.1. The largest absolute Gasteiger partial charge is 0.356 e. The van der Waals surface area contributed by atoms with Crippen LogP contribution in [0.5, 0.6) is 0 Å². The minimum Gasteiger partial charge on any atom is -0.356 e. The van der Waals surface area contributed by atoms with Gasteiger partial charge in [0, 0.05) is 36.3 Å². The number of benzene rings is 1. The summed E-state index contributed by atoms with van der Waals surface area (Å²) in [6, 6.07) is 10.5. The molecule has 3 aromatic rings. The molecule has 0 saturated carbocycles. The molecule has 6 heteroatoms. The predicted molar refractivity (Wildman–Crippen MR) is 129 cm³/mol. The number of amides is 1. The molecule has 1 atom stereocenters. The number of carbonyl (C=O) groups is 1. The lowest BCUT2D eigenvalue weighted by Gasteiger charge is -2.33. The maximum atomic E-state index is 12.9. The van der Waals surface area contributed by atoms with Gasteiger partial charge in [-0.2, -0.15) is 0 Å². The van der Waals surface area contributed by atoms with Crippen LogP contribution in [0.2, 0.25) is 0 Å². The summed E-state index contributed by atoms with van der Waals surface area (Å²) in [6.07, 6.45) is 3.38. The normalized spacial score (nSPS) is 16.1. The summed E-state index contributed by atoms with van der Waals surface area (Å²) in [5, 5.41) is 4.42. The Hall–Kier alpha value is -2.47. The van der Waals surface area contributed by atoms with Crippen molar-refractivity contribution in [2.45, 2.75) is 46.5 Å². The molecule has 0 radical (unpaired) electrons. The van der Waals surface area contributed by atoms with Crippen molar-refractivity contribution >= 4 is 33.3 Å². The first-order chi connectivity index (χ1) is 15.0. The lowest BCUT2D eigenvalue weighted by molar-refractivity contribution is -0.125. The van der Waals surface area contributed by atoms with E-state index in [4.69, 9.17) is 0 Å². The molecule has 1 aromatic carbocycles.